The van der Waals surface area contributed by atoms with Crippen molar-refractivity contribution in [2.45, 2.75) is 63.3 Å². The van der Waals surface area contributed by atoms with Crippen LogP contribution in [-0.2, 0) is 10.3 Å². The largest absolute Gasteiger partial charge is 0.390 e. The molecule has 33 heavy (non-hydrogen) atoms. The highest BCUT2D eigenvalue weighted by molar-refractivity contribution is 5.98. The molecule has 0 radical (unpaired) electrons. The molecule has 7 nitrogen and oxygen atoms in total. The van der Waals surface area contributed by atoms with E-state index >= 15 is 0 Å². The molecule has 1 aliphatic heterocycles. The molecule has 4 rings (SSSR count). The normalized spacial score (nSPS) is 18.4. The number of nitrogens with one attached hydrogen (secondary N) is 2. The maximum Gasteiger partial charge on any atom is 0.323 e. The Balaban J connectivity index is 1.67. The van der Waals surface area contributed by atoms with E-state index in [1.165, 1.54) is 43.9 Å². The molecule has 0 bridgehead atoms. The van der Waals surface area contributed by atoms with Crippen molar-refractivity contribution in [3.05, 3.63) is 59.2 Å². The summed E-state index contributed by atoms with van der Waals surface area (Å²) in [5, 5.41) is 15.8. The third kappa shape index (κ3) is 4.39. The monoisotopic (exact) mass is 462 g/mol. The van der Waals surface area contributed by atoms with Crippen LogP contribution in [0.25, 0.3) is 0 Å². The molecular formula is C23H25F3N4O3. The summed E-state index contributed by atoms with van der Waals surface area (Å²) in [4.78, 5) is 31.6. The van der Waals surface area contributed by atoms with Gasteiger partial charge in [0, 0.05) is 23.7 Å². The van der Waals surface area contributed by atoms with Crippen molar-refractivity contribution in [1.82, 2.24) is 15.2 Å². The van der Waals surface area contributed by atoms with Crippen LogP contribution in [0, 0.1) is 17.5 Å². The zero-order chi connectivity index (χ0) is 24.1. The van der Waals surface area contributed by atoms with Gasteiger partial charge in [0.1, 0.15) is 23.5 Å². The number of carbonyl (C=O) groups excluding carboxylic acids is 2. The third-order valence-corrected chi connectivity index (χ3v) is 6.04. The SMILES string of the molecule is C[C@@H](NC(=O)[C@H](CC(C)(C)O)N1C(=O)Nc2ccc(F)cc2C12CC2)c1ncc(F)cc1F. The average molecular weight is 462 g/mol. The predicted octanol–water partition coefficient (Wildman–Crippen LogP) is 3.74. The Morgan fingerprint density at radius 3 is 2.58 bits per heavy atom. The van der Waals surface area contributed by atoms with E-state index in [4.69, 9.17) is 0 Å². The summed E-state index contributed by atoms with van der Waals surface area (Å²) in [6, 6.07) is 2.12. The smallest absolute Gasteiger partial charge is 0.323 e. The van der Waals surface area contributed by atoms with Gasteiger partial charge in [-0.1, -0.05) is 0 Å². The van der Waals surface area contributed by atoms with Crippen LogP contribution in [0.4, 0.5) is 23.7 Å². The Morgan fingerprint density at radius 1 is 1.27 bits per heavy atom. The molecule has 3 amide bonds. The summed E-state index contributed by atoms with van der Waals surface area (Å²) >= 11 is 0. The summed E-state index contributed by atoms with van der Waals surface area (Å²) < 4.78 is 41.4. The molecule has 1 aliphatic carbocycles. The fraction of sp³-hybridized carbons (Fsp3) is 0.435. The number of amides is 3. The van der Waals surface area contributed by atoms with Gasteiger partial charge in [-0.25, -0.2) is 18.0 Å². The lowest BCUT2D eigenvalue weighted by Crippen LogP contribution is -2.59. The molecule has 0 unspecified atom stereocenters. The minimum Gasteiger partial charge on any atom is -0.390 e. The Bertz CT molecular complexity index is 1110. The molecule has 10 heteroatoms. The number of benzene rings is 1. The van der Waals surface area contributed by atoms with E-state index in [1.54, 1.807) is 0 Å². The van der Waals surface area contributed by atoms with Gasteiger partial charge in [-0.2, -0.15) is 0 Å². The van der Waals surface area contributed by atoms with Gasteiger partial charge in [-0.15, -0.1) is 0 Å². The second-order valence-electron chi connectivity index (χ2n) is 9.30. The Kier molecular flexibility index (Phi) is 5.60. The first-order valence-electron chi connectivity index (χ1n) is 10.7. The molecular weight excluding hydrogens is 437 g/mol. The molecule has 1 saturated carbocycles. The van der Waals surface area contributed by atoms with Crippen LogP contribution in [0.2, 0.25) is 0 Å². The fourth-order valence-electron chi connectivity index (χ4n) is 4.47. The number of hydrogen-bond acceptors (Lipinski definition) is 4. The number of nitrogens with zero attached hydrogens (tertiary/aromatic N) is 2. The highest BCUT2D eigenvalue weighted by Gasteiger charge is 2.59. The number of pyridine rings is 1. The van der Waals surface area contributed by atoms with Crippen molar-refractivity contribution in [1.29, 1.82) is 0 Å². The van der Waals surface area contributed by atoms with E-state index < -0.39 is 52.6 Å². The van der Waals surface area contributed by atoms with Crippen LogP contribution >= 0.6 is 0 Å². The number of carbonyl (C=O) groups is 2. The number of hydrogen-bond donors (Lipinski definition) is 3. The molecule has 1 spiro atoms. The molecule has 1 aromatic heterocycles. The number of aromatic nitrogens is 1. The quantitative estimate of drug-likeness (QED) is 0.610. The summed E-state index contributed by atoms with van der Waals surface area (Å²) in [6.07, 6.45) is 1.77. The average Bonchev–Trinajstić information content (AvgIpc) is 3.48. The van der Waals surface area contributed by atoms with E-state index in [0.717, 1.165) is 6.20 Å². The minimum atomic E-state index is -1.33. The van der Waals surface area contributed by atoms with E-state index in [0.29, 0.717) is 30.2 Å². The third-order valence-electron chi connectivity index (χ3n) is 6.04. The van der Waals surface area contributed by atoms with E-state index in [1.807, 2.05) is 0 Å². The molecule has 2 aromatic rings. The topological polar surface area (TPSA) is 94.6 Å². The fourth-order valence-corrected chi connectivity index (χ4v) is 4.47. The number of aliphatic hydroxyl groups is 1. The Labute approximate surface area is 189 Å². The van der Waals surface area contributed by atoms with E-state index in [9.17, 15) is 27.9 Å². The molecule has 1 fully saturated rings. The standard InChI is InChI=1S/C23H25F3N4O3/c1-12(19-16(26)9-14(25)11-27-19)28-20(31)18(10-22(2,3)33)30-21(32)29-17-5-4-13(24)8-15(17)23(30)6-7-23/h4-5,8-9,11-12,18,33H,6-7,10H2,1-3H3,(H,28,31)(H,29,32)/t12-,18+/m1/s1. The van der Waals surface area contributed by atoms with Gasteiger partial charge in [0.15, 0.2) is 0 Å². The van der Waals surface area contributed by atoms with Crippen molar-refractivity contribution in [3.63, 3.8) is 0 Å². The van der Waals surface area contributed by atoms with Crippen LogP contribution in [0.5, 0.6) is 0 Å². The summed E-state index contributed by atoms with van der Waals surface area (Å²) in [5.74, 6) is -2.87. The molecule has 2 aliphatic rings. The van der Waals surface area contributed by atoms with Crippen LogP contribution in [0.3, 0.4) is 0 Å². The molecule has 2 atom stereocenters. The maximum atomic E-state index is 14.2. The van der Waals surface area contributed by atoms with Gasteiger partial charge in [0.25, 0.3) is 0 Å². The van der Waals surface area contributed by atoms with Crippen LogP contribution in [0.15, 0.2) is 30.5 Å². The second kappa shape index (κ2) is 8.02. The molecule has 2 heterocycles. The summed E-state index contributed by atoms with van der Waals surface area (Å²) in [6.45, 7) is 4.50. The summed E-state index contributed by atoms with van der Waals surface area (Å²) in [5.41, 5.74) is -1.33. The number of halogens is 3. The second-order valence-corrected chi connectivity index (χ2v) is 9.30. The molecule has 3 N–H and O–H groups in total. The van der Waals surface area contributed by atoms with Gasteiger partial charge < -0.3 is 20.6 Å². The van der Waals surface area contributed by atoms with Gasteiger partial charge in [-0.3, -0.25) is 9.78 Å². The zero-order valence-corrected chi connectivity index (χ0v) is 18.5. The predicted molar refractivity (Wildman–Crippen MR) is 114 cm³/mol. The Morgan fingerprint density at radius 2 is 1.97 bits per heavy atom. The van der Waals surface area contributed by atoms with Crippen molar-refractivity contribution in [3.8, 4) is 0 Å². The highest BCUT2D eigenvalue weighted by atomic mass is 19.1. The van der Waals surface area contributed by atoms with Gasteiger partial charge in [-0.05, 0) is 51.8 Å². The first kappa shape index (κ1) is 23.0. The lowest BCUT2D eigenvalue weighted by atomic mass is 9.91. The molecule has 1 aromatic carbocycles. The number of anilines is 1. The van der Waals surface area contributed by atoms with Gasteiger partial charge in [0.2, 0.25) is 5.91 Å². The zero-order valence-electron chi connectivity index (χ0n) is 18.5. The van der Waals surface area contributed by atoms with Crippen molar-refractivity contribution in [2.75, 3.05) is 5.32 Å². The highest BCUT2D eigenvalue weighted by Crippen LogP contribution is 2.56. The maximum absolute atomic E-state index is 14.2. The van der Waals surface area contributed by atoms with E-state index in [-0.39, 0.29) is 12.1 Å². The summed E-state index contributed by atoms with van der Waals surface area (Å²) in [7, 11) is 0. The van der Waals surface area contributed by atoms with Crippen LogP contribution in [-0.4, -0.2) is 38.6 Å². The minimum absolute atomic E-state index is 0.120. The number of fused-ring (bicyclic) bond motifs is 2. The Hall–Kier alpha value is -3.14. The lowest BCUT2D eigenvalue weighted by Gasteiger charge is -2.43. The van der Waals surface area contributed by atoms with Crippen LogP contribution < -0.4 is 10.6 Å². The van der Waals surface area contributed by atoms with Crippen molar-refractivity contribution >= 4 is 17.6 Å². The number of urea groups is 1. The van der Waals surface area contributed by atoms with Crippen molar-refractivity contribution < 1.29 is 27.9 Å². The van der Waals surface area contributed by atoms with Crippen LogP contribution in [0.1, 0.15) is 57.3 Å². The van der Waals surface area contributed by atoms with Crippen molar-refractivity contribution in [2.24, 2.45) is 0 Å². The van der Waals surface area contributed by atoms with E-state index in [2.05, 4.69) is 15.6 Å². The van der Waals surface area contributed by atoms with Gasteiger partial charge in [0.05, 0.1) is 29.1 Å². The molecule has 0 saturated heterocycles. The first-order valence-corrected chi connectivity index (χ1v) is 10.7. The first-order chi connectivity index (χ1) is 15.4. The number of rotatable bonds is 6. The van der Waals surface area contributed by atoms with Gasteiger partial charge >= 0.3 is 6.03 Å². The molecule has 176 valence electrons. The lowest BCUT2D eigenvalue weighted by molar-refractivity contribution is -0.129.